The molecule has 0 bridgehead atoms. The van der Waals surface area contributed by atoms with Crippen molar-refractivity contribution in [2.24, 2.45) is 0 Å². The van der Waals surface area contributed by atoms with Crippen LogP contribution in [0.3, 0.4) is 0 Å². The van der Waals surface area contributed by atoms with Crippen LogP contribution in [0.1, 0.15) is 5.69 Å². The lowest BCUT2D eigenvalue weighted by Gasteiger charge is -2.01. The first kappa shape index (κ1) is 9.97. The van der Waals surface area contributed by atoms with Crippen molar-refractivity contribution >= 4 is 16.6 Å². The van der Waals surface area contributed by atoms with Crippen LogP contribution in [0, 0.1) is 6.92 Å². The normalized spacial score (nSPS) is 10.9. The fraction of sp³-hybridized carbons (Fsp3) is 0.0667. The molecule has 0 fully saturated rings. The molecule has 0 spiro atoms. The Bertz CT molecular complexity index is 666. The minimum Gasteiger partial charge on any atom is -0.397 e. The monoisotopic (exact) mass is 222 g/mol. The first-order valence-corrected chi connectivity index (χ1v) is 5.69. The molecule has 0 aliphatic carbocycles. The summed E-state index contributed by atoms with van der Waals surface area (Å²) in [7, 11) is 0. The summed E-state index contributed by atoms with van der Waals surface area (Å²) in [4.78, 5) is 3.37. The number of aromatic amines is 1. The topological polar surface area (TPSA) is 41.8 Å². The third-order valence-electron chi connectivity index (χ3n) is 3.12. The van der Waals surface area contributed by atoms with E-state index in [9.17, 15) is 0 Å². The number of aromatic nitrogens is 1. The van der Waals surface area contributed by atoms with Crippen LogP contribution in [0.2, 0.25) is 0 Å². The highest BCUT2D eigenvalue weighted by Crippen LogP contribution is 2.33. The molecule has 0 aliphatic rings. The van der Waals surface area contributed by atoms with Crippen LogP contribution in [0.5, 0.6) is 0 Å². The number of para-hydroxylation sites is 1. The SMILES string of the molecule is Cc1[nH]c2c(N)cccc2c1-c1ccccc1. The van der Waals surface area contributed by atoms with Gasteiger partial charge in [-0.25, -0.2) is 0 Å². The van der Waals surface area contributed by atoms with Gasteiger partial charge in [0, 0.05) is 16.6 Å². The van der Waals surface area contributed by atoms with Gasteiger partial charge >= 0.3 is 0 Å². The van der Waals surface area contributed by atoms with Crippen LogP contribution in [0.15, 0.2) is 48.5 Å². The zero-order chi connectivity index (χ0) is 11.8. The Labute approximate surface area is 100 Å². The van der Waals surface area contributed by atoms with Crippen LogP contribution in [-0.4, -0.2) is 4.98 Å². The second kappa shape index (κ2) is 3.67. The van der Waals surface area contributed by atoms with E-state index in [0.717, 1.165) is 16.9 Å². The van der Waals surface area contributed by atoms with Crippen molar-refractivity contribution < 1.29 is 0 Å². The highest BCUT2D eigenvalue weighted by atomic mass is 14.8. The van der Waals surface area contributed by atoms with Crippen LogP contribution in [0.4, 0.5) is 5.69 Å². The van der Waals surface area contributed by atoms with Crippen molar-refractivity contribution in [3.63, 3.8) is 0 Å². The molecule has 84 valence electrons. The number of nitrogens with one attached hydrogen (secondary N) is 1. The van der Waals surface area contributed by atoms with Crippen molar-refractivity contribution in [2.75, 3.05) is 5.73 Å². The Balaban J connectivity index is 2.37. The standard InChI is InChI=1S/C15H14N2/c1-10-14(11-6-3-2-4-7-11)12-8-5-9-13(16)15(12)17-10/h2-9,17H,16H2,1H3. The van der Waals surface area contributed by atoms with Gasteiger partial charge in [-0.1, -0.05) is 42.5 Å². The summed E-state index contributed by atoms with van der Waals surface area (Å²) in [6.45, 7) is 2.09. The first-order chi connectivity index (χ1) is 8.27. The molecule has 0 atom stereocenters. The van der Waals surface area contributed by atoms with E-state index in [2.05, 4.69) is 42.2 Å². The van der Waals surface area contributed by atoms with Crippen LogP contribution >= 0.6 is 0 Å². The summed E-state index contributed by atoms with van der Waals surface area (Å²) >= 11 is 0. The van der Waals surface area contributed by atoms with E-state index in [1.807, 2.05) is 18.2 Å². The summed E-state index contributed by atoms with van der Waals surface area (Å²) in [5, 5.41) is 1.19. The Morgan fingerprint density at radius 1 is 0.941 bits per heavy atom. The number of H-pyrrole nitrogens is 1. The Hall–Kier alpha value is -2.22. The second-order valence-electron chi connectivity index (χ2n) is 4.26. The molecular formula is C15H14N2. The molecule has 3 N–H and O–H groups in total. The lowest BCUT2D eigenvalue weighted by atomic mass is 10.0. The molecule has 0 radical (unpaired) electrons. The van der Waals surface area contributed by atoms with Gasteiger partial charge in [0.2, 0.25) is 0 Å². The number of hydrogen-bond acceptors (Lipinski definition) is 1. The van der Waals surface area contributed by atoms with Crippen molar-refractivity contribution in [1.82, 2.24) is 4.98 Å². The third-order valence-corrected chi connectivity index (χ3v) is 3.12. The van der Waals surface area contributed by atoms with Gasteiger partial charge in [-0.2, -0.15) is 0 Å². The molecule has 2 aromatic carbocycles. The highest BCUT2D eigenvalue weighted by Gasteiger charge is 2.11. The molecule has 0 aliphatic heterocycles. The van der Waals surface area contributed by atoms with Gasteiger partial charge in [-0.05, 0) is 18.6 Å². The summed E-state index contributed by atoms with van der Waals surface area (Å²) < 4.78 is 0. The lowest BCUT2D eigenvalue weighted by molar-refractivity contribution is 1.30. The van der Waals surface area contributed by atoms with Crippen molar-refractivity contribution in [1.29, 1.82) is 0 Å². The number of nitrogen functional groups attached to an aromatic ring is 1. The summed E-state index contributed by atoms with van der Waals surface area (Å²) in [5.41, 5.74) is 11.4. The zero-order valence-electron chi connectivity index (χ0n) is 9.70. The van der Waals surface area contributed by atoms with Crippen LogP contribution in [-0.2, 0) is 0 Å². The van der Waals surface area contributed by atoms with E-state index < -0.39 is 0 Å². The van der Waals surface area contributed by atoms with Crippen molar-refractivity contribution in [3.8, 4) is 11.1 Å². The molecule has 1 heterocycles. The highest BCUT2D eigenvalue weighted by molar-refractivity contribution is 6.02. The molecule has 2 nitrogen and oxygen atoms in total. The second-order valence-corrected chi connectivity index (χ2v) is 4.26. The van der Waals surface area contributed by atoms with Gasteiger partial charge in [0.1, 0.15) is 0 Å². The van der Waals surface area contributed by atoms with Gasteiger partial charge in [-0.15, -0.1) is 0 Å². The average Bonchev–Trinajstić information content (AvgIpc) is 2.68. The summed E-state index contributed by atoms with van der Waals surface area (Å²) in [5.74, 6) is 0. The predicted molar refractivity (Wildman–Crippen MR) is 72.9 cm³/mol. The molecule has 0 amide bonds. The molecule has 1 aromatic heterocycles. The quantitative estimate of drug-likeness (QED) is 0.605. The van der Waals surface area contributed by atoms with Crippen LogP contribution in [0.25, 0.3) is 22.0 Å². The maximum absolute atomic E-state index is 5.99. The zero-order valence-corrected chi connectivity index (χ0v) is 9.70. The number of rotatable bonds is 1. The lowest BCUT2D eigenvalue weighted by Crippen LogP contribution is -1.84. The van der Waals surface area contributed by atoms with Gasteiger partial charge in [0.25, 0.3) is 0 Å². The van der Waals surface area contributed by atoms with Gasteiger partial charge in [0.15, 0.2) is 0 Å². The molecular weight excluding hydrogens is 208 g/mol. The van der Waals surface area contributed by atoms with Gasteiger partial charge < -0.3 is 10.7 Å². The minimum atomic E-state index is 0.799. The summed E-state index contributed by atoms with van der Waals surface area (Å²) in [6, 6.07) is 16.4. The van der Waals surface area contributed by atoms with E-state index in [-0.39, 0.29) is 0 Å². The van der Waals surface area contributed by atoms with E-state index in [0.29, 0.717) is 0 Å². The van der Waals surface area contributed by atoms with Crippen LogP contribution < -0.4 is 5.73 Å². The Morgan fingerprint density at radius 2 is 1.71 bits per heavy atom. The third kappa shape index (κ3) is 1.49. The maximum atomic E-state index is 5.99. The average molecular weight is 222 g/mol. The smallest absolute Gasteiger partial charge is 0.0696 e. The molecule has 0 saturated heterocycles. The number of benzene rings is 2. The number of fused-ring (bicyclic) bond motifs is 1. The largest absolute Gasteiger partial charge is 0.397 e. The van der Waals surface area contributed by atoms with Crippen molar-refractivity contribution in [3.05, 3.63) is 54.2 Å². The van der Waals surface area contributed by atoms with E-state index in [4.69, 9.17) is 5.73 Å². The number of hydrogen-bond donors (Lipinski definition) is 2. The Kier molecular flexibility index (Phi) is 2.15. The van der Waals surface area contributed by atoms with Gasteiger partial charge in [0.05, 0.1) is 11.2 Å². The Morgan fingerprint density at radius 3 is 2.47 bits per heavy atom. The van der Waals surface area contributed by atoms with Gasteiger partial charge in [-0.3, -0.25) is 0 Å². The molecule has 3 aromatic rings. The molecule has 0 unspecified atom stereocenters. The number of aryl methyl sites for hydroxylation is 1. The fourth-order valence-corrected chi connectivity index (χ4v) is 2.35. The molecule has 0 saturated carbocycles. The fourth-order valence-electron chi connectivity index (χ4n) is 2.35. The maximum Gasteiger partial charge on any atom is 0.0696 e. The number of anilines is 1. The first-order valence-electron chi connectivity index (χ1n) is 5.69. The molecule has 17 heavy (non-hydrogen) atoms. The summed E-state index contributed by atoms with van der Waals surface area (Å²) in [6.07, 6.45) is 0. The minimum absolute atomic E-state index is 0.799. The predicted octanol–water partition coefficient (Wildman–Crippen LogP) is 3.73. The molecule has 3 rings (SSSR count). The van der Waals surface area contributed by atoms with E-state index >= 15 is 0 Å². The molecule has 2 heteroatoms. The van der Waals surface area contributed by atoms with E-state index in [1.54, 1.807) is 0 Å². The van der Waals surface area contributed by atoms with Crippen molar-refractivity contribution in [2.45, 2.75) is 6.92 Å². The number of nitrogens with two attached hydrogens (primary N) is 1. The van der Waals surface area contributed by atoms with E-state index in [1.165, 1.54) is 16.5 Å².